The SMILES string of the molecule is CN(C)S(=O)(=O)c1ccc(S(=O)(=O)c2ccc(N)cc2)cc1. The lowest BCUT2D eigenvalue weighted by Gasteiger charge is -2.12. The lowest BCUT2D eigenvalue weighted by atomic mass is 10.3. The second kappa shape index (κ2) is 5.71. The Balaban J connectivity index is 2.44. The van der Waals surface area contributed by atoms with Crippen LogP contribution in [0.15, 0.2) is 63.2 Å². The van der Waals surface area contributed by atoms with Gasteiger partial charge in [0.25, 0.3) is 0 Å². The van der Waals surface area contributed by atoms with Gasteiger partial charge in [-0.15, -0.1) is 0 Å². The lowest BCUT2D eigenvalue weighted by Crippen LogP contribution is -2.22. The number of nitrogens with two attached hydrogens (primary N) is 1. The average Bonchev–Trinajstić information content (AvgIpc) is 2.47. The minimum atomic E-state index is -3.70. The van der Waals surface area contributed by atoms with Gasteiger partial charge in [0.15, 0.2) is 0 Å². The molecule has 0 amide bonds. The van der Waals surface area contributed by atoms with Crippen molar-refractivity contribution in [2.75, 3.05) is 19.8 Å². The quantitative estimate of drug-likeness (QED) is 0.847. The van der Waals surface area contributed by atoms with Crippen LogP contribution in [0.2, 0.25) is 0 Å². The van der Waals surface area contributed by atoms with Crippen LogP contribution in [0.1, 0.15) is 0 Å². The maximum absolute atomic E-state index is 12.4. The number of benzene rings is 2. The molecule has 0 spiro atoms. The van der Waals surface area contributed by atoms with Crippen LogP contribution in [-0.4, -0.2) is 35.2 Å². The number of hydrogen-bond donors (Lipinski definition) is 1. The molecule has 0 bridgehead atoms. The number of hydrogen-bond acceptors (Lipinski definition) is 5. The standard InChI is InChI=1S/C14H16N2O4S2/c1-16(2)22(19,20)14-9-7-13(8-10-14)21(17,18)12-5-3-11(15)4-6-12/h3-10H,15H2,1-2H3. The van der Waals surface area contributed by atoms with Crippen molar-refractivity contribution in [3.63, 3.8) is 0 Å². The third-order valence-electron chi connectivity index (χ3n) is 3.10. The van der Waals surface area contributed by atoms with E-state index in [2.05, 4.69) is 0 Å². The number of nitrogen functional groups attached to an aromatic ring is 1. The Morgan fingerprint density at radius 3 is 1.50 bits per heavy atom. The first-order chi connectivity index (χ1) is 10.2. The summed E-state index contributed by atoms with van der Waals surface area (Å²) in [6, 6.07) is 10.9. The van der Waals surface area contributed by atoms with Gasteiger partial charge in [-0.3, -0.25) is 0 Å². The summed E-state index contributed by atoms with van der Waals surface area (Å²) in [6.45, 7) is 0. The van der Waals surface area contributed by atoms with E-state index in [1.807, 2.05) is 0 Å². The van der Waals surface area contributed by atoms with Gasteiger partial charge in [0.05, 0.1) is 14.7 Å². The van der Waals surface area contributed by atoms with E-state index in [-0.39, 0.29) is 14.7 Å². The second-order valence-corrected chi connectivity index (χ2v) is 8.93. The van der Waals surface area contributed by atoms with Crippen molar-refractivity contribution in [1.82, 2.24) is 4.31 Å². The second-order valence-electron chi connectivity index (χ2n) is 4.83. The normalized spacial score (nSPS) is 12.5. The third-order valence-corrected chi connectivity index (χ3v) is 6.72. The van der Waals surface area contributed by atoms with Gasteiger partial charge in [-0.25, -0.2) is 21.1 Å². The molecule has 0 aromatic heterocycles. The van der Waals surface area contributed by atoms with Crippen LogP contribution in [-0.2, 0) is 19.9 Å². The third kappa shape index (κ3) is 2.99. The van der Waals surface area contributed by atoms with Crippen LogP contribution in [0.5, 0.6) is 0 Å². The van der Waals surface area contributed by atoms with E-state index in [0.717, 1.165) is 4.31 Å². The van der Waals surface area contributed by atoms with Crippen molar-refractivity contribution in [2.45, 2.75) is 14.7 Å². The van der Waals surface area contributed by atoms with Gasteiger partial charge in [-0.1, -0.05) is 0 Å². The predicted octanol–water partition coefficient (Wildman–Crippen LogP) is 1.35. The summed E-state index contributed by atoms with van der Waals surface area (Å²) in [6.07, 6.45) is 0. The molecule has 0 atom stereocenters. The van der Waals surface area contributed by atoms with E-state index in [1.165, 1.54) is 62.6 Å². The molecule has 8 heteroatoms. The summed E-state index contributed by atoms with van der Waals surface area (Å²) in [4.78, 5) is 0.161. The topological polar surface area (TPSA) is 97.5 Å². The monoisotopic (exact) mass is 340 g/mol. The molecule has 2 rings (SSSR count). The molecule has 2 N–H and O–H groups in total. The summed E-state index contributed by atoms with van der Waals surface area (Å²) < 4.78 is 49.9. The van der Waals surface area contributed by atoms with Crippen molar-refractivity contribution in [1.29, 1.82) is 0 Å². The Hall–Kier alpha value is -1.90. The van der Waals surface area contributed by atoms with Crippen LogP contribution in [0.3, 0.4) is 0 Å². The summed E-state index contributed by atoms with van der Waals surface area (Å²) in [5.74, 6) is 0. The highest BCUT2D eigenvalue weighted by Crippen LogP contribution is 2.23. The zero-order valence-electron chi connectivity index (χ0n) is 12.1. The van der Waals surface area contributed by atoms with E-state index in [9.17, 15) is 16.8 Å². The summed E-state index contributed by atoms with van der Waals surface area (Å²) in [5, 5.41) is 0. The van der Waals surface area contributed by atoms with Crippen LogP contribution in [0.25, 0.3) is 0 Å². The molecule has 2 aromatic carbocycles. The van der Waals surface area contributed by atoms with Gasteiger partial charge in [0.1, 0.15) is 0 Å². The van der Waals surface area contributed by atoms with Gasteiger partial charge in [0, 0.05) is 19.8 Å². The number of anilines is 1. The van der Waals surface area contributed by atoms with Crippen molar-refractivity contribution in [3.05, 3.63) is 48.5 Å². The van der Waals surface area contributed by atoms with E-state index in [1.54, 1.807) is 0 Å². The van der Waals surface area contributed by atoms with Crippen molar-refractivity contribution >= 4 is 25.5 Å². The van der Waals surface area contributed by atoms with E-state index in [0.29, 0.717) is 5.69 Å². The van der Waals surface area contributed by atoms with Crippen molar-refractivity contribution in [3.8, 4) is 0 Å². The maximum atomic E-state index is 12.4. The van der Waals surface area contributed by atoms with Gasteiger partial charge in [-0.2, -0.15) is 0 Å². The molecule has 118 valence electrons. The smallest absolute Gasteiger partial charge is 0.242 e. The molecular weight excluding hydrogens is 324 g/mol. The number of sulfone groups is 1. The molecule has 0 aliphatic carbocycles. The molecule has 0 unspecified atom stereocenters. The summed E-state index contributed by atoms with van der Waals surface area (Å²) >= 11 is 0. The van der Waals surface area contributed by atoms with Gasteiger partial charge in [0.2, 0.25) is 19.9 Å². The minimum Gasteiger partial charge on any atom is -0.399 e. The van der Waals surface area contributed by atoms with E-state index < -0.39 is 19.9 Å². The van der Waals surface area contributed by atoms with E-state index >= 15 is 0 Å². The predicted molar refractivity (Wildman–Crippen MR) is 83.6 cm³/mol. The average molecular weight is 340 g/mol. The highest BCUT2D eigenvalue weighted by Gasteiger charge is 2.21. The molecule has 0 aliphatic rings. The maximum Gasteiger partial charge on any atom is 0.242 e. The zero-order chi connectivity index (χ0) is 16.5. The van der Waals surface area contributed by atoms with E-state index in [4.69, 9.17) is 5.73 Å². The first-order valence-electron chi connectivity index (χ1n) is 6.29. The summed E-state index contributed by atoms with van der Waals surface area (Å²) in [7, 11) is -4.47. The molecule has 0 aliphatic heterocycles. The lowest BCUT2D eigenvalue weighted by molar-refractivity contribution is 0.520. The van der Waals surface area contributed by atoms with Crippen LogP contribution >= 0.6 is 0 Å². The largest absolute Gasteiger partial charge is 0.399 e. The molecule has 0 heterocycles. The molecule has 0 radical (unpaired) electrons. The Morgan fingerprint density at radius 1 is 0.727 bits per heavy atom. The molecule has 0 fully saturated rings. The van der Waals surface area contributed by atoms with Crippen molar-refractivity contribution in [2.24, 2.45) is 0 Å². The minimum absolute atomic E-state index is 0.0231. The fourth-order valence-electron chi connectivity index (χ4n) is 1.78. The Kier molecular flexibility index (Phi) is 4.28. The van der Waals surface area contributed by atoms with Gasteiger partial charge in [-0.05, 0) is 48.5 Å². The Morgan fingerprint density at radius 2 is 1.09 bits per heavy atom. The molecule has 0 saturated heterocycles. The molecule has 22 heavy (non-hydrogen) atoms. The molecule has 2 aromatic rings. The first kappa shape index (κ1) is 16.5. The summed E-state index contributed by atoms with van der Waals surface area (Å²) in [5.41, 5.74) is 6.00. The van der Waals surface area contributed by atoms with Crippen molar-refractivity contribution < 1.29 is 16.8 Å². The van der Waals surface area contributed by atoms with Crippen LogP contribution < -0.4 is 5.73 Å². The fraction of sp³-hybridized carbons (Fsp3) is 0.143. The number of sulfonamides is 1. The molecule has 6 nitrogen and oxygen atoms in total. The number of nitrogens with zero attached hydrogens (tertiary/aromatic N) is 1. The highest BCUT2D eigenvalue weighted by molar-refractivity contribution is 7.91. The number of rotatable bonds is 4. The first-order valence-corrected chi connectivity index (χ1v) is 9.21. The molecule has 0 saturated carbocycles. The van der Waals surface area contributed by atoms with Gasteiger partial charge >= 0.3 is 0 Å². The Bertz CT molecular complexity index is 869. The van der Waals surface area contributed by atoms with Gasteiger partial charge < -0.3 is 5.73 Å². The Labute approximate surface area is 130 Å². The molecular formula is C14H16N2O4S2. The van der Waals surface area contributed by atoms with Crippen LogP contribution in [0.4, 0.5) is 5.69 Å². The highest BCUT2D eigenvalue weighted by atomic mass is 32.2. The van der Waals surface area contributed by atoms with Crippen LogP contribution in [0, 0.1) is 0 Å². The zero-order valence-corrected chi connectivity index (χ0v) is 13.7. The fourth-order valence-corrected chi connectivity index (χ4v) is 3.95.